The number of rotatable bonds is 4. The fourth-order valence-corrected chi connectivity index (χ4v) is 3.55. The van der Waals surface area contributed by atoms with Crippen molar-refractivity contribution in [2.45, 2.75) is 25.9 Å². The second-order valence-electron chi connectivity index (χ2n) is 6.91. The van der Waals surface area contributed by atoms with Crippen molar-refractivity contribution in [1.29, 1.82) is 0 Å². The Morgan fingerprint density at radius 2 is 1.89 bits per heavy atom. The molecule has 1 fully saturated rings. The Morgan fingerprint density at radius 3 is 2.57 bits per heavy atom. The van der Waals surface area contributed by atoms with Gasteiger partial charge in [-0.2, -0.15) is 4.98 Å². The molecule has 4 rings (SSSR count). The van der Waals surface area contributed by atoms with E-state index in [1.165, 1.54) is 0 Å². The zero-order valence-corrected chi connectivity index (χ0v) is 15.5. The summed E-state index contributed by atoms with van der Waals surface area (Å²) in [4.78, 5) is 48.6. The number of carbonyl (C=O) groups is 3. The first-order chi connectivity index (χ1) is 13.5. The molecule has 0 bridgehead atoms. The quantitative estimate of drug-likeness (QED) is 0.746. The molecule has 144 valence electrons. The van der Waals surface area contributed by atoms with Crippen LogP contribution in [-0.2, 0) is 4.79 Å². The van der Waals surface area contributed by atoms with Crippen molar-refractivity contribution in [2.75, 3.05) is 19.6 Å². The van der Waals surface area contributed by atoms with Gasteiger partial charge in [-0.05, 0) is 31.9 Å². The van der Waals surface area contributed by atoms with Crippen LogP contribution in [0.2, 0.25) is 0 Å². The Morgan fingerprint density at radius 1 is 1.18 bits per heavy atom. The number of ether oxygens (including phenoxy) is 1. The minimum absolute atomic E-state index is 0.186. The van der Waals surface area contributed by atoms with Gasteiger partial charge in [0.1, 0.15) is 18.5 Å². The maximum Gasteiger partial charge on any atom is 0.262 e. The van der Waals surface area contributed by atoms with Crippen LogP contribution in [0.1, 0.15) is 39.4 Å². The maximum atomic E-state index is 12.7. The lowest BCUT2D eigenvalue weighted by atomic mass is 10.1. The zero-order valence-electron chi connectivity index (χ0n) is 15.5. The van der Waals surface area contributed by atoms with E-state index in [0.29, 0.717) is 35.9 Å². The number of aryl methyl sites for hydroxylation is 1. The van der Waals surface area contributed by atoms with Crippen LogP contribution in [0.15, 0.2) is 36.5 Å². The van der Waals surface area contributed by atoms with Gasteiger partial charge in [0, 0.05) is 18.8 Å². The summed E-state index contributed by atoms with van der Waals surface area (Å²) in [5.41, 5.74) is 0.693. The van der Waals surface area contributed by atoms with E-state index in [9.17, 15) is 14.4 Å². The van der Waals surface area contributed by atoms with Crippen LogP contribution in [-0.4, -0.2) is 63.2 Å². The molecule has 8 heteroatoms. The molecule has 3 heterocycles. The summed E-state index contributed by atoms with van der Waals surface area (Å²) >= 11 is 0. The number of hydrogen-bond acceptors (Lipinski definition) is 6. The summed E-state index contributed by atoms with van der Waals surface area (Å²) in [5.74, 6) is -0.00821. The molecule has 0 radical (unpaired) electrons. The van der Waals surface area contributed by atoms with Crippen molar-refractivity contribution >= 4 is 17.7 Å². The second-order valence-corrected chi connectivity index (χ2v) is 6.91. The van der Waals surface area contributed by atoms with Crippen molar-refractivity contribution in [3.05, 3.63) is 53.5 Å². The Hall–Kier alpha value is -3.29. The van der Waals surface area contributed by atoms with Crippen molar-refractivity contribution < 1.29 is 19.1 Å². The third-order valence-electron chi connectivity index (χ3n) is 4.94. The molecule has 0 N–H and O–H groups in total. The van der Waals surface area contributed by atoms with Crippen LogP contribution in [0.3, 0.4) is 0 Å². The van der Waals surface area contributed by atoms with E-state index in [1.807, 2.05) is 0 Å². The smallest absolute Gasteiger partial charge is 0.262 e. The molecule has 2 aromatic rings. The standard InChI is InChI=1S/C20H20N4O4/c1-13-21-9-8-17(22-13)28-14-5-4-10-23(11-14)18(25)12-24-19(26)15-6-2-3-7-16(15)20(24)27/h2-3,6-9,14H,4-5,10-12H2,1H3. The Balaban J connectivity index is 1.40. The van der Waals surface area contributed by atoms with Crippen LogP contribution in [0, 0.1) is 6.92 Å². The number of piperidine rings is 1. The highest BCUT2D eigenvalue weighted by Gasteiger charge is 2.37. The number of hydrogen-bond donors (Lipinski definition) is 0. The number of carbonyl (C=O) groups excluding carboxylic acids is 3. The summed E-state index contributed by atoms with van der Waals surface area (Å²) in [7, 11) is 0. The van der Waals surface area contributed by atoms with Gasteiger partial charge in [-0.1, -0.05) is 12.1 Å². The average molecular weight is 380 g/mol. The Bertz CT molecular complexity index is 910. The SMILES string of the molecule is Cc1nccc(OC2CCCN(C(=O)CN3C(=O)c4ccccc4C3=O)C2)n1. The van der Waals surface area contributed by atoms with E-state index in [0.717, 1.165) is 17.7 Å². The van der Waals surface area contributed by atoms with Crippen LogP contribution in [0.4, 0.5) is 0 Å². The van der Waals surface area contributed by atoms with Crippen LogP contribution in [0.5, 0.6) is 5.88 Å². The van der Waals surface area contributed by atoms with E-state index >= 15 is 0 Å². The minimum atomic E-state index is -0.421. The van der Waals surface area contributed by atoms with Gasteiger partial charge >= 0.3 is 0 Å². The predicted octanol–water partition coefficient (Wildman–Crippen LogP) is 1.45. The van der Waals surface area contributed by atoms with E-state index in [2.05, 4.69) is 9.97 Å². The number of nitrogens with zero attached hydrogens (tertiary/aromatic N) is 4. The van der Waals surface area contributed by atoms with Gasteiger partial charge in [0.25, 0.3) is 11.8 Å². The van der Waals surface area contributed by atoms with Crippen LogP contribution >= 0.6 is 0 Å². The first-order valence-corrected chi connectivity index (χ1v) is 9.22. The number of benzene rings is 1. The van der Waals surface area contributed by atoms with Gasteiger partial charge < -0.3 is 9.64 Å². The molecule has 1 atom stereocenters. The summed E-state index contributed by atoms with van der Waals surface area (Å²) in [6, 6.07) is 8.31. The third kappa shape index (κ3) is 3.45. The van der Waals surface area contributed by atoms with E-state index in [4.69, 9.17) is 4.74 Å². The van der Waals surface area contributed by atoms with Gasteiger partial charge in [-0.15, -0.1) is 0 Å². The highest BCUT2D eigenvalue weighted by Crippen LogP contribution is 2.23. The fourth-order valence-electron chi connectivity index (χ4n) is 3.55. The third-order valence-corrected chi connectivity index (χ3v) is 4.94. The lowest BCUT2D eigenvalue weighted by Gasteiger charge is -2.33. The van der Waals surface area contributed by atoms with Gasteiger partial charge in [0.15, 0.2) is 0 Å². The summed E-state index contributed by atoms with van der Waals surface area (Å²) < 4.78 is 5.89. The lowest BCUT2D eigenvalue weighted by molar-refractivity contribution is -0.134. The Kier molecular flexibility index (Phi) is 4.77. The molecule has 28 heavy (non-hydrogen) atoms. The largest absolute Gasteiger partial charge is 0.472 e. The molecule has 0 spiro atoms. The van der Waals surface area contributed by atoms with Gasteiger partial charge in [-0.25, -0.2) is 4.98 Å². The van der Waals surface area contributed by atoms with Crippen LogP contribution < -0.4 is 4.74 Å². The number of aromatic nitrogens is 2. The molecule has 1 saturated heterocycles. The van der Waals surface area contributed by atoms with E-state index in [-0.39, 0.29) is 18.6 Å². The first-order valence-electron chi connectivity index (χ1n) is 9.22. The number of imide groups is 1. The number of fused-ring (bicyclic) bond motifs is 1. The van der Waals surface area contributed by atoms with Gasteiger partial charge in [0.05, 0.1) is 17.7 Å². The molecule has 1 aromatic heterocycles. The molecule has 0 saturated carbocycles. The van der Waals surface area contributed by atoms with E-state index in [1.54, 1.807) is 48.4 Å². The normalized spacial score (nSPS) is 19.0. The van der Waals surface area contributed by atoms with Gasteiger partial charge in [-0.3, -0.25) is 19.3 Å². The molecule has 2 aliphatic heterocycles. The number of likely N-dealkylation sites (tertiary alicyclic amines) is 1. The molecule has 1 unspecified atom stereocenters. The van der Waals surface area contributed by atoms with Crippen molar-refractivity contribution in [3.8, 4) is 5.88 Å². The second kappa shape index (κ2) is 7.38. The summed E-state index contributed by atoms with van der Waals surface area (Å²) in [6.07, 6.45) is 3.03. The average Bonchev–Trinajstić information content (AvgIpc) is 2.93. The molecular weight excluding hydrogens is 360 g/mol. The van der Waals surface area contributed by atoms with Crippen LogP contribution in [0.25, 0.3) is 0 Å². The molecule has 8 nitrogen and oxygen atoms in total. The summed E-state index contributed by atoms with van der Waals surface area (Å²) in [5, 5.41) is 0. The topological polar surface area (TPSA) is 92.7 Å². The lowest BCUT2D eigenvalue weighted by Crippen LogP contribution is -2.49. The molecule has 1 aromatic carbocycles. The molecular formula is C20H20N4O4. The summed E-state index contributed by atoms with van der Waals surface area (Å²) in [6.45, 7) is 2.49. The van der Waals surface area contributed by atoms with Crippen molar-refractivity contribution in [3.63, 3.8) is 0 Å². The molecule has 3 amide bonds. The molecule has 0 aliphatic carbocycles. The van der Waals surface area contributed by atoms with Crippen molar-refractivity contribution in [2.24, 2.45) is 0 Å². The first kappa shape index (κ1) is 18.1. The zero-order chi connectivity index (χ0) is 19.7. The maximum absolute atomic E-state index is 12.7. The number of amides is 3. The fraction of sp³-hybridized carbons (Fsp3) is 0.350. The highest BCUT2D eigenvalue weighted by molar-refractivity contribution is 6.22. The predicted molar refractivity (Wildman–Crippen MR) is 98.8 cm³/mol. The monoisotopic (exact) mass is 380 g/mol. The van der Waals surface area contributed by atoms with Gasteiger partial charge in [0.2, 0.25) is 11.8 Å². The van der Waals surface area contributed by atoms with E-state index < -0.39 is 11.8 Å². The van der Waals surface area contributed by atoms with Crippen molar-refractivity contribution in [1.82, 2.24) is 19.8 Å². The minimum Gasteiger partial charge on any atom is -0.472 e. The molecule has 2 aliphatic rings. The highest BCUT2D eigenvalue weighted by atomic mass is 16.5. The Labute approximate surface area is 162 Å².